The van der Waals surface area contributed by atoms with E-state index in [1.807, 2.05) is 0 Å². The summed E-state index contributed by atoms with van der Waals surface area (Å²) in [6, 6.07) is 7.07. The molecular formula is C17H23ClN4O3S. The van der Waals surface area contributed by atoms with E-state index < -0.39 is 10.0 Å². The first-order chi connectivity index (χ1) is 12.4. The number of nitrogens with zero attached hydrogens (tertiary/aromatic N) is 2. The molecule has 2 aromatic rings. The van der Waals surface area contributed by atoms with Gasteiger partial charge in [-0.1, -0.05) is 11.6 Å². The van der Waals surface area contributed by atoms with Gasteiger partial charge in [-0.15, -0.1) is 0 Å². The fourth-order valence-corrected chi connectivity index (χ4v) is 4.69. The standard InChI is InChI=1S/C17H23ClN4O3S/c1-13-16(10-20-22(13)15-6-4-14(18)5-7-15)26(23,24)21-11-17(12-25-2)8-3-9-19-17/h4-7,10,19,21H,3,8-9,11-12H2,1-2H3. The summed E-state index contributed by atoms with van der Waals surface area (Å²) in [5.41, 5.74) is 0.934. The van der Waals surface area contributed by atoms with Gasteiger partial charge in [0.2, 0.25) is 10.0 Å². The molecule has 2 heterocycles. The SMILES string of the molecule is COCC1(CNS(=O)(=O)c2cnn(-c3ccc(Cl)cc3)c2C)CCCN1. The maximum atomic E-state index is 12.8. The lowest BCUT2D eigenvalue weighted by Gasteiger charge is -2.28. The van der Waals surface area contributed by atoms with Gasteiger partial charge in [-0.3, -0.25) is 0 Å². The average Bonchev–Trinajstić information content (AvgIpc) is 3.22. The smallest absolute Gasteiger partial charge is 0.244 e. The molecule has 1 aliphatic heterocycles. The fraction of sp³-hybridized carbons (Fsp3) is 0.471. The second-order valence-corrected chi connectivity index (χ2v) is 8.72. The van der Waals surface area contributed by atoms with Crippen LogP contribution in [0.5, 0.6) is 0 Å². The number of methoxy groups -OCH3 is 1. The van der Waals surface area contributed by atoms with E-state index in [9.17, 15) is 8.42 Å². The molecule has 1 fully saturated rings. The van der Waals surface area contributed by atoms with Crippen molar-refractivity contribution in [2.75, 3.05) is 26.8 Å². The van der Waals surface area contributed by atoms with Gasteiger partial charge in [-0.2, -0.15) is 5.10 Å². The third kappa shape index (κ3) is 3.94. The minimum Gasteiger partial charge on any atom is -0.383 e. The molecule has 1 aromatic heterocycles. The minimum absolute atomic E-state index is 0.165. The predicted molar refractivity (Wildman–Crippen MR) is 100 cm³/mol. The van der Waals surface area contributed by atoms with Crippen LogP contribution < -0.4 is 10.0 Å². The number of nitrogens with one attached hydrogen (secondary N) is 2. The summed E-state index contributed by atoms with van der Waals surface area (Å²) in [5.74, 6) is 0. The topological polar surface area (TPSA) is 85.2 Å². The lowest BCUT2D eigenvalue weighted by atomic mass is 9.99. The first kappa shape index (κ1) is 19.3. The van der Waals surface area contributed by atoms with E-state index in [2.05, 4.69) is 15.1 Å². The van der Waals surface area contributed by atoms with Gasteiger partial charge < -0.3 is 10.1 Å². The van der Waals surface area contributed by atoms with Crippen LogP contribution in [0.4, 0.5) is 0 Å². The van der Waals surface area contributed by atoms with E-state index in [-0.39, 0.29) is 17.0 Å². The van der Waals surface area contributed by atoms with Crippen molar-refractivity contribution < 1.29 is 13.2 Å². The van der Waals surface area contributed by atoms with Crippen molar-refractivity contribution in [2.45, 2.75) is 30.2 Å². The Morgan fingerprint density at radius 2 is 2.12 bits per heavy atom. The molecule has 3 rings (SSSR count). The molecule has 0 spiro atoms. The molecule has 0 aliphatic carbocycles. The van der Waals surface area contributed by atoms with Crippen LogP contribution in [0.25, 0.3) is 5.69 Å². The zero-order chi connectivity index (χ0) is 18.8. The number of sulfonamides is 1. The monoisotopic (exact) mass is 398 g/mol. The second-order valence-electron chi connectivity index (χ2n) is 6.55. The van der Waals surface area contributed by atoms with Crippen molar-refractivity contribution in [2.24, 2.45) is 0 Å². The van der Waals surface area contributed by atoms with Crippen LogP contribution in [0.2, 0.25) is 5.02 Å². The first-order valence-corrected chi connectivity index (χ1v) is 10.3. The van der Waals surface area contributed by atoms with Gasteiger partial charge in [0.05, 0.1) is 29.7 Å². The summed E-state index contributed by atoms with van der Waals surface area (Å²) < 4.78 is 35.2. The third-order valence-corrected chi connectivity index (χ3v) is 6.43. The summed E-state index contributed by atoms with van der Waals surface area (Å²) in [6.07, 6.45) is 3.24. The Bertz CT molecular complexity index is 859. The number of halogens is 1. The third-order valence-electron chi connectivity index (χ3n) is 4.68. The Balaban J connectivity index is 1.80. The van der Waals surface area contributed by atoms with Crippen molar-refractivity contribution in [1.82, 2.24) is 19.8 Å². The lowest BCUT2D eigenvalue weighted by Crippen LogP contribution is -2.52. The van der Waals surface area contributed by atoms with Crippen molar-refractivity contribution >= 4 is 21.6 Å². The van der Waals surface area contributed by atoms with Gasteiger partial charge in [0.15, 0.2) is 0 Å². The molecule has 0 amide bonds. The molecule has 1 unspecified atom stereocenters. The van der Waals surface area contributed by atoms with Gasteiger partial charge in [0.25, 0.3) is 0 Å². The van der Waals surface area contributed by atoms with Gasteiger partial charge >= 0.3 is 0 Å². The molecule has 0 saturated carbocycles. The summed E-state index contributed by atoms with van der Waals surface area (Å²) in [7, 11) is -2.06. The quantitative estimate of drug-likeness (QED) is 0.743. The van der Waals surface area contributed by atoms with E-state index in [0.29, 0.717) is 17.3 Å². The normalized spacial score (nSPS) is 20.6. The number of hydrogen-bond acceptors (Lipinski definition) is 5. The second kappa shape index (κ2) is 7.66. The largest absolute Gasteiger partial charge is 0.383 e. The number of aromatic nitrogens is 2. The zero-order valence-corrected chi connectivity index (χ0v) is 16.4. The predicted octanol–water partition coefficient (Wildman–Crippen LogP) is 1.88. The molecule has 7 nitrogen and oxygen atoms in total. The molecule has 1 atom stereocenters. The molecule has 142 valence electrons. The average molecular weight is 399 g/mol. The summed E-state index contributed by atoms with van der Waals surface area (Å²) in [5, 5.41) is 8.20. The molecule has 1 saturated heterocycles. The Morgan fingerprint density at radius 1 is 1.38 bits per heavy atom. The van der Waals surface area contributed by atoms with E-state index >= 15 is 0 Å². The highest BCUT2D eigenvalue weighted by atomic mass is 35.5. The summed E-state index contributed by atoms with van der Waals surface area (Å²) in [4.78, 5) is 0.165. The number of benzene rings is 1. The van der Waals surface area contributed by atoms with Crippen molar-refractivity contribution in [3.05, 3.63) is 41.2 Å². The molecular weight excluding hydrogens is 376 g/mol. The highest BCUT2D eigenvalue weighted by Gasteiger charge is 2.35. The Hall–Kier alpha value is -1.45. The maximum Gasteiger partial charge on any atom is 0.244 e. The zero-order valence-electron chi connectivity index (χ0n) is 14.8. The molecule has 9 heteroatoms. The molecule has 0 radical (unpaired) electrons. The van der Waals surface area contributed by atoms with Crippen LogP contribution in [-0.2, 0) is 14.8 Å². The summed E-state index contributed by atoms with van der Waals surface area (Å²) in [6.45, 7) is 3.32. The molecule has 1 aromatic carbocycles. The molecule has 1 aliphatic rings. The van der Waals surface area contributed by atoms with Crippen LogP contribution in [0.3, 0.4) is 0 Å². The van der Waals surface area contributed by atoms with Crippen LogP contribution in [-0.4, -0.2) is 50.5 Å². The highest BCUT2D eigenvalue weighted by Crippen LogP contribution is 2.22. The van der Waals surface area contributed by atoms with Crippen LogP contribution in [0, 0.1) is 6.92 Å². The number of hydrogen-bond donors (Lipinski definition) is 2. The van der Waals surface area contributed by atoms with Gasteiger partial charge in [0, 0.05) is 18.7 Å². The first-order valence-electron chi connectivity index (χ1n) is 8.41. The maximum absolute atomic E-state index is 12.8. The Labute approximate surface area is 158 Å². The van der Waals surface area contributed by atoms with Crippen molar-refractivity contribution in [1.29, 1.82) is 0 Å². The van der Waals surface area contributed by atoms with E-state index in [0.717, 1.165) is 25.1 Å². The van der Waals surface area contributed by atoms with E-state index in [4.69, 9.17) is 16.3 Å². The fourth-order valence-electron chi connectivity index (χ4n) is 3.28. The van der Waals surface area contributed by atoms with Crippen molar-refractivity contribution in [3.8, 4) is 5.69 Å². The molecule has 0 bridgehead atoms. The van der Waals surface area contributed by atoms with Crippen LogP contribution in [0.15, 0.2) is 35.4 Å². The van der Waals surface area contributed by atoms with Crippen LogP contribution >= 0.6 is 11.6 Å². The molecule has 2 N–H and O–H groups in total. The highest BCUT2D eigenvalue weighted by molar-refractivity contribution is 7.89. The van der Waals surface area contributed by atoms with Gasteiger partial charge in [0.1, 0.15) is 4.90 Å². The summed E-state index contributed by atoms with van der Waals surface area (Å²) >= 11 is 5.91. The van der Waals surface area contributed by atoms with Gasteiger partial charge in [-0.05, 0) is 50.6 Å². The van der Waals surface area contributed by atoms with E-state index in [1.54, 1.807) is 43.0 Å². The van der Waals surface area contributed by atoms with Gasteiger partial charge in [-0.25, -0.2) is 17.8 Å². The number of ether oxygens (including phenoxy) is 1. The van der Waals surface area contributed by atoms with Crippen LogP contribution in [0.1, 0.15) is 18.5 Å². The van der Waals surface area contributed by atoms with Crippen molar-refractivity contribution in [3.63, 3.8) is 0 Å². The van der Waals surface area contributed by atoms with E-state index in [1.165, 1.54) is 6.20 Å². The minimum atomic E-state index is -3.69. The lowest BCUT2D eigenvalue weighted by molar-refractivity contribution is 0.122. The number of rotatable bonds is 7. The molecule has 26 heavy (non-hydrogen) atoms. The Kier molecular flexibility index (Phi) is 5.69. The Morgan fingerprint density at radius 3 is 2.73 bits per heavy atom.